The van der Waals surface area contributed by atoms with Gasteiger partial charge in [-0.15, -0.1) is 0 Å². The number of ether oxygens (including phenoxy) is 1. The van der Waals surface area contributed by atoms with Crippen LogP contribution in [0.15, 0.2) is 24.3 Å². The fourth-order valence-electron chi connectivity index (χ4n) is 3.86. The van der Waals surface area contributed by atoms with E-state index in [9.17, 15) is 14.0 Å². The van der Waals surface area contributed by atoms with Crippen LogP contribution in [-0.2, 0) is 20.9 Å². The van der Waals surface area contributed by atoms with Crippen LogP contribution < -0.4 is 0 Å². The van der Waals surface area contributed by atoms with Gasteiger partial charge in [-0.2, -0.15) is 0 Å². The maximum absolute atomic E-state index is 13.5. The molecule has 2 aliphatic heterocycles. The summed E-state index contributed by atoms with van der Waals surface area (Å²) in [5, 5.41) is 0. The molecule has 0 N–H and O–H groups in total. The molecule has 0 saturated carbocycles. The smallest absolute Gasteiger partial charge is 0.248 e. The van der Waals surface area contributed by atoms with Gasteiger partial charge in [0.15, 0.2) is 0 Å². The van der Waals surface area contributed by atoms with Crippen molar-refractivity contribution >= 4 is 11.8 Å². The third-order valence-electron chi connectivity index (χ3n) is 5.12. The van der Waals surface area contributed by atoms with Crippen LogP contribution in [0, 0.1) is 11.7 Å². The molecule has 136 valence electrons. The molecule has 0 unspecified atom stereocenters. The zero-order valence-electron chi connectivity index (χ0n) is 14.6. The second kappa shape index (κ2) is 7.95. The fourth-order valence-corrected chi connectivity index (χ4v) is 3.86. The molecule has 0 aromatic heterocycles. The molecule has 1 aromatic rings. The minimum atomic E-state index is -0.295. The number of rotatable bonds is 5. The van der Waals surface area contributed by atoms with Crippen LogP contribution in [0.5, 0.6) is 0 Å². The number of likely N-dealkylation sites (tertiary alicyclic amines) is 2. The quantitative estimate of drug-likeness (QED) is 0.820. The summed E-state index contributed by atoms with van der Waals surface area (Å²) in [5.41, 5.74) is 0.785. The Morgan fingerprint density at radius 2 is 2.20 bits per heavy atom. The van der Waals surface area contributed by atoms with E-state index in [1.54, 1.807) is 6.07 Å². The van der Waals surface area contributed by atoms with E-state index in [0.717, 1.165) is 18.4 Å². The van der Waals surface area contributed by atoms with Crippen molar-refractivity contribution in [3.63, 3.8) is 0 Å². The standard InChI is InChI=1S/C19H25FN2O3/c1-2-25-13-19(24)21-11-15-6-4-8-18(23)22(17(15)12-21)10-14-5-3-7-16(20)9-14/h3,5,7,9,15,17H,2,4,6,8,10-13H2,1H3/t15-,17+/m1/s1. The van der Waals surface area contributed by atoms with Crippen LogP contribution in [0.1, 0.15) is 31.7 Å². The third kappa shape index (κ3) is 4.18. The van der Waals surface area contributed by atoms with Gasteiger partial charge in [-0.1, -0.05) is 12.1 Å². The van der Waals surface area contributed by atoms with Crippen molar-refractivity contribution in [2.24, 2.45) is 5.92 Å². The Balaban J connectivity index is 1.74. The van der Waals surface area contributed by atoms with Gasteiger partial charge in [0.25, 0.3) is 0 Å². The van der Waals surface area contributed by atoms with Crippen molar-refractivity contribution in [3.05, 3.63) is 35.6 Å². The first-order chi connectivity index (χ1) is 12.1. The number of carbonyl (C=O) groups is 2. The van der Waals surface area contributed by atoms with Crippen molar-refractivity contribution in [2.75, 3.05) is 26.3 Å². The first-order valence-electron chi connectivity index (χ1n) is 8.98. The van der Waals surface area contributed by atoms with Gasteiger partial charge < -0.3 is 14.5 Å². The van der Waals surface area contributed by atoms with Crippen LogP contribution in [0.25, 0.3) is 0 Å². The molecule has 5 nitrogen and oxygen atoms in total. The number of carbonyl (C=O) groups excluding carboxylic acids is 2. The summed E-state index contributed by atoms with van der Waals surface area (Å²) in [7, 11) is 0. The number of amides is 2. The zero-order chi connectivity index (χ0) is 17.8. The van der Waals surface area contributed by atoms with Crippen molar-refractivity contribution in [3.8, 4) is 0 Å². The normalized spacial score (nSPS) is 23.5. The molecule has 3 rings (SSSR count). The van der Waals surface area contributed by atoms with Crippen LogP contribution in [0.4, 0.5) is 4.39 Å². The summed E-state index contributed by atoms with van der Waals surface area (Å²) < 4.78 is 18.7. The Labute approximate surface area is 147 Å². The van der Waals surface area contributed by atoms with Gasteiger partial charge in [-0.25, -0.2) is 4.39 Å². The number of hydrogen-bond acceptors (Lipinski definition) is 3. The monoisotopic (exact) mass is 348 g/mol. The van der Waals surface area contributed by atoms with Crippen molar-refractivity contribution in [2.45, 2.75) is 38.8 Å². The summed E-state index contributed by atoms with van der Waals surface area (Å²) in [4.78, 5) is 28.5. The van der Waals surface area contributed by atoms with E-state index in [2.05, 4.69) is 0 Å². The fraction of sp³-hybridized carbons (Fsp3) is 0.579. The van der Waals surface area contributed by atoms with E-state index in [1.807, 2.05) is 22.8 Å². The average Bonchev–Trinajstić information content (AvgIpc) is 2.95. The molecule has 2 amide bonds. The van der Waals surface area contributed by atoms with Crippen molar-refractivity contribution in [1.29, 1.82) is 0 Å². The molecule has 0 spiro atoms. The Hall–Kier alpha value is -1.95. The second-order valence-corrected chi connectivity index (χ2v) is 6.81. The SMILES string of the molecule is CCOCC(=O)N1C[C@H]2CCCC(=O)N(Cc3cccc(F)c3)[C@H]2C1. The number of fused-ring (bicyclic) bond motifs is 1. The van der Waals surface area contributed by atoms with E-state index in [1.165, 1.54) is 12.1 Å². The van der Waals surface area contributed by atoms with Gasteiger partial charge in [-0.3, -0.25) is 9.59 Å². The molecule has 2 heterocycles. The molecular weight excluding hydrogens is 323 g/mol. The highest BCUT2D eigenvalue weighted by Crippen LogP contribution is 2.31. The van der Waals surface area contributed by atoms with Gasteiger partial charge in [0, 0.05) is 32.7 Å². The molecule has 2 atom stereocenters. The molecule has 0 radical (unpaired) electrons. The van der Waals surface area contributed by atoms with E-state index < -0.39 is 0 Å². The summed E-state index contributed by atoms with van der Waals surface area (Å²) in [5.74, 6) is 0.0609. The lowest BCUT2D eigenvalue weighted by molar-refractivity contribution is -0.137. The highest BCUT2D eigenvalue weighted by molar-refractivity contribution is 5.79. The second-order valence-electron chi connectivity index (χ2n) is 6.81. The van der Waals surface area contributed by atoms with Gasteiger partial charge >= 0.3 is 0 Å². The van der Waals surface area contributed by atoms with Gasteiger partial charge in [0.1, 0.15) is 12.4 Å². The molecule has 0 bridgehead atoms. The molecule has 2 aliphatic rings. The van der Waals surface area contributed by atoms with Gasteiger partial charge in [0.05, 0.1) is 6.04 Å². The van der Waals surface area contributed by atoms with Crippen molar-refractivity contribution in [1.82, 2.24) is 9.80 Å². The molecule has 0 aliphatic carbocycles. The largest absolute Gasteiger partial charge is 0.372 e. The minimum absolute atomic E-state index is 0.00356. The van der Waals surface area contributed by atoms with E-state index >= 15 is 0 Å². The highest BCUT2D eigenvalue weighted by atomic mass is 19.1. The maximum atomic E-state index is 13.5. The Bertz CT molecular complexity index is 637. The minimum Gasteiger partial charge on any atom is -0.372 e. The topological polar surface area (TPSA) is 49.9 Å². The lowest BCUT2D eigenvalue weighted by Gasteiger charge is -2.30. The predicted molar refractivity (Wildman–Crippen MR) is 91.2 cm³/mol. The summed E-state index contributed by atoms with van der Waals surface area (Å²) in [6, 6.07) is 6.38. The van der Waals surface area contributed by atoms with Crippen LogP contribution in [0.2, 0.25) is 0 Å². The highest BCUT2D eigenvalue weighted by Gasteiger charge is 2.41. The van der Waals surface area contributed by atoms with Crippen LogP contribution in [-0.4, -0.2) is 54.0 Å². The van der Waals surface area contributed by atoms with E-state index in [0.29, 0.717) is 32.7 Å². The summed E-state index contributed by atoms with van der Waals surface area (Å²) in [6.45, 7) is 4.07. The molecule has 25 heavy (non-hydrogen) atoms. The first kappa shape index (κ1) is 17.9. The Morgan fingerprint density at radius 1 is 1.36 bits per heavy atom. The average molecular weight is 348 g/mol. The van der Waals surface area contributed by atoms with Gasteiger partial charge in [-0.05, 0) is 43.4 Å². The predicted octanol–water partition coefficient (Wildman–Crippen LogP) is 2.20. The lowest BCUT2D eigenvalue weighted by atomic mass is 9.98. The Kier molecular flexibility index (Phi) is 5.68. The summed E-state index contributed by atoms with van der Waals surface area (Å²) >= 11 is 0. The van der Waals surface area contributed by atoms with Crippen LogP contribution >= 0.6 is 0 Å². The van der Waals surface area contributed by atoms with E-state index in [4.69, 9.17) is 4.74 Å². The van der Waals surface area contributed by atoms with Gasteiger partial charge in [0.2, 0.25) is 11.8 Å². The number of nitrogens with zero attached hydrogens (tertiary/aromatic N) is 2. The van der Waals surface area contributed by atoms with E-state index in [-0.39, 0.29) is 36.2 Å². The zero-order valence-corrected chi connectivity index (χ0v) is 14.6. The van der Waals surface area contributed by atoms with Crippen LogP contribution in [0.3, 0.4) is 0 Å². The first-order valence-corrected chi connectivity index (χ1v) is 8.98. The maximum Gasteiger partial charge on any atom is 0.248 e. The van der Waals surface area contributed by atoms with Crippen molar-refractivity contribution < 1.29 is 18.7 Å². The molecule has 2 fully saturated rings. The number of hydrogen-bond donors (Lipinski definition) is 0. The molecule has 6 heteroatoms. The number of benzene rings is 1. The Morgan fingerprint density at radius 3 is 2.96 bits per heavy atom. The molecular formula is C19H25FN2O3. The number of halogens is 1. The molecule has 1 aromatic carbocycles. The molecule has 2 saturated heterocycles. The summed E-state index contributed by atoms with van der Waals surface area (Å²) in [6.07, 6.45) is 2.30. The lowest BCUT2D eigenvalue weighted by Crippen LogP contribution is -2.43. The third-order valence-corrected chi connectivity index (χ3v) is 5.12.